The molecule has 0 fully saturated rings. The van der Waals surface area contributed by atoms with E-state index in [2.05, 4.69) is 54.4 Å². The molecule has 0 aliphatic heterocycles. The van der Waals surface area contributed by atoms with E-state index in [1.54, 1.807) is 20.1 Å². The van der Waals surface area contributed by atoms with Gasteiger partial charge in [0.2, 0.25) is 5.91 Å². The van der Waals surface area contributed by atoms with Crippen LogP contribution in [0.15, 0.2) is 76.3 Å². The molecular formula is C27H27BrIN3O5. The predicted octanol–water partition coefficient (Wildman–Crippen LogP) is 5.97. The number of hydrazone groups is 1. The van der Waals surface area contributed by atoms with Crippen molar-refractivity contribution in [1.29, 1.82) is 0 Å². The molecule has 0 unspecified atom stereocenters. The standard InChI is InChI=1S/C27H27BrIN3O5/c1-3-36-27(34)31-23(20-7-5-4-6-8-20)15-25(33)32-30-16-19-13-22(29)26(24(14-19)35-2)37-17-18-9-11-21(28)12-10-18/h4-14,16,23H,3,15,17H2,1-2H3,(H,31,34)(H,32,33)/b30-16-/t23-/m0/s1. The molecule has 8 nitrogen and oxygen atoms in total. The molecular weight excluding hydrogens is 653 g/mol. The minimum absolute atomic E-state index is 0.0101. The van der Waals surface area contributed by atoms with E-state index in [9.17, 15) is 9.59 Å². The Balaban J connectivity index is 1.63. The molecule has 0 heterocycles. The molecule has 0 spiro atoms. The van der Waals surface area contributed by atoms with E-state index in [4.69, 9.17) is 14.2 Å². The number of rotatable bonds is 11. The Morgan fingerprint density at radius 1 is 1.11 bits per heavy atom. The Kier molecular flexibility index (Phi) is 11.2. The molecule has 0 aliphatic rings. The molecule has 0 radical (unpaired) electrons. The van der Waals surface area contributed by atoms with E-state index >= 15 is 0 Å². The second kappa shape index (κ2) is 14.6. The molecule has 2 N–H and O–H groups in total. The van der Waals surface area contributed by atoms with Crippen molar-refractivity contribution in [3.63, 3.8) is 0 Å². The SMILES string of the molecule is CCOC(=O)N[C@@H](CC(=O)N/N=C\c1cc(I)c(OCc2ccc(Br)cc2)c(OC)c1)c1ccccc1. The number of hydrogen-bond acceptors (Lipinski definition) is 6. The van der Waals surface area contributed by atoms with E-state index in [0.29, 0.717) is 18.1 Å². The van der Waals surface area contributed by atoms with Crippen LogP contribution < -0.4 is 20.2 Å². The Morgan fingerprint density at radius 2 is 1.84 bits per heavy atom. The van der Waals surface area contributed by atoms with Crippen LogP contribution in [0.2, 0.25) is 0 Å². The highest BCUT2D eigenvalue weighted by atomic mass is 127. The van der Waals surface area contributed by atoms with E-state index in [1.807, 2.05) is 60.7 Å². The molecule has 2 amide bonds. The van der Waals surface area contributed by atoms with Gasteiger partial charge in [-0.3, -0.25) is 4.79 Å². The van der Waals surface area contributed by atoms with E-state index in [-0.39, 0.29) is 18.9 Å². The van der Waals surface area contributed by atoms with E-state index in [1.165, 1.54) is 6.21 Å². The third kappa shape index (κ3) is 9.04. The Bertz CT molecular complexity index is 1220. The molecule has 0 aliphatic carbocycles. The number of alkyl carbamates (subject to hydrolysis) is 1. The van der Waals surface area contributed by atoms with Crippen LogP contribution in [0.5, 0.6) is 11.5 Å². The van der Waals surface area contributed by atoms with Crippen LogP contribution in [0.4, 0.5) is 4.79 Å². The highest BCUT2D eigenvalue weighted by Gasteiger charge is 2.19. The number of ether oxygens (including phenoxy) is 3. The fourth-order valence-corrected chi connectivity index (χ4v) is 4.40. The summed E-state index contributed by atoms with van der Waals surface area (Å²) in [6, 6.07) is 20.2. The molecule has 0 aromatic heterocycles. The normalized spacial score (nSPS) is 11.6. The van der Waals surface area contributed by atoms with Crippen LogP contribution in [0, 0.1) is 3.57 Å². The maximum absolute atomic E-state index is 12.6. The zero-order valence-electron chi connectivity index (χ0n) is 20.4. The molecule has 0 saturated carbocycles. The first kappa shape index (κ1) is 28.5. The average molecular weight is 680 g/mol. The predicted molar refractivity (Wildman–Crippen MR) is 154 cm³/mol. The van der Waals surface area contributed by atoms with Crippen LogP contribution >= 0.6 is 38.5 Å². The van der Waals surface area contributed by atoms with Crippen molar-refractivity contribution in [3.8, 4) is 11.5 Å². The van der Waals surface area contributed by atoms with Crippen molar-refractivity contribution in [1.82, 2.24) is 10.7 Å². The van der Waals surface area contributed by atoms with Crippen molar-refractivity contribution in [2.24, 2.45) is 5.10 Å². The fraction of sp³-hybridized carbons (Fsp3) is 0.222. The third-order valence-electron chi connectivity index (χ3n) is 5.11. The Labute approximate surface area is 238 Å². The summed E-state index contributed by atoms with van der Waals surface area (Å²) in [5.74, 6) is 0.820. The molecule has 10 heteroatoms. The van der Waals surface area contributed by atoms with Crippen LogP contribution in [0.3, 0.4) is 0 Å². The van der Waals surface area contributed by atoms with Gasteiger partial charge in [-0.1, -0.05) is 58.4 Å². The summed E-state index contributed by atoms with van der Waals surface area (Å²) in [5.41, 5.74) is 5.06. The molecule has 3 aromatic carbocycles. The van der Waals surface area contributed by atoms with Gasteiger partial charge < -0.3 is 19.5 Å². The summed E-state index contributed by atoms with van der Waals surface area (Å²) in [4.78, 5) is 24.5. The first-order valence-corrected chi connectivity index (χ1v) is 13.3. The lowest BCUT2D eigenvalue weighted by atomic mass is 10.0. The van der Waals surface area contributed by atoms with Crippen molar-refractivity contribution >= 4 is 56.7 Å². The van der Waals surface area contributed by atoms with Gasteiger partial charge in [-0.25, -0.2) is 10.2 Å². The summed E-state index contributed by atoms with van der Waals surface area (Å²) >= 11 is 5.60. The van der Waals surface area contributed by atoms with Gasteiger partial charge in [-0.2, -0.15) is 5.10 Å². The molecule has 0 saturated heterocycles. The average Bonchev–Trinajstić information content (AvgIpc) is 2.89. The summed E-state index contributed by atoms with van der Waals surface area (Å²) in [7, 11) is 1.57. The maximum atomic E-state index is 12.6. The van der Waals surface area contributed by atoms with E-state index < -0.39 is 12.1 Å². The quantitative estimate of drug-likeness (QED) is 0.148. The van der Waals surface area contributed by atoms with Crippen molar-refractivity contribution in [3.05, 3.63) is 91.5 Å². The van der Waals surface area contributed by atoms with Crippen LogP contribution in [-0.4, -0.2) is 31.9 Å². The van der Waals surface area contributed by atoms with Gasteiger partial charge in [0.1, 0.15) is 6.61 Å². The monoisotopic (exact) mass is 679 g/mol. The number of hydrogen-bond donors (Lipinski definition) is 2. The number of carbonyl (C=O) groups excluding carboxylic acids is 2. The van der Waals surface area contributed by atoms with Crippen LogP contribution in [0.25, 0.3) is 0 Å². The van der Waals surface area contributed by atoms with Gasteiger partial charge in [0.25, 0.3) is 0 Å². The van der Waals surface area contributed by atoms with Gasteiger partial charge in [-0.15, -0.1) is 0 Å². The van der Waals surface area contributed by atoms with Gasteiger partial charge in [0.15, 0.2) is 11.5 Å². The first-order valence-electron chi connectivity index (χ1n) is 11.4. The molecule has 3 aromatic rings. The zero-order valence-corrected chi connectivity index (χ0v) is 24.1. The highest BCUT2D eigenvalue weighted by Crippen LogP contribution is 2.34. The zero-order chi connectivity index (χ0) is 26.6. The summed E-state index contributed by atoms with van der Waals surface area (Å²) in [6.45, 7) is 2.35. The molecule has 1 atom stereocenters. The third-order valence-corrected chi connectivity index (χ3v) is 6.44. The topological polar surface area (TPSA) is 98.2 Å². The number of amides is 2. The second-order valence-electron chi connectivity index (χ2n) is 7.77. The van der Waals surface area contributed by atoms with Gasteiger partial charge in [0, 0.05) is 4.47 Å². The first-order chi connectivity index (χ1) is 17.9. The smallest absolute Gasteiger partial charge is 0.407 e. The molecule has 0 bridgehead atoms. The van der Waals surface area contributed by atoms with Gasteiger partial charge in [0.05, 0.1) is 36.0 Å². The summed E-state index contributed by atoms with van der Waals surface area (Å²) in [6.07, 6.45) is 0.929. The van der Waals surface area contributed by atoms with Crippen LogP contribution in [0.1, 0.15) is 36.1 Å². The number of benzene rings is 3. The fourth-order valence-electron chi connectivity index (χ4n) is 3.35. The largest absolute Gasteiger partial charge is 0.493 e. The lowest BCUT2D eigenvalue weighted by Crippen LogP contribution is -2.33. The minimum atomic E-state index is -0.586. The van der Waals surface area contributed by atoms with E-state index in [0.717, 1.165) is 24.7 Å². The van der Waals surface area contributed by atoms with Gasteiger partial charge in [-0.05, 0) is 70.5 Å². The summed E-state index contributed by atoms with van der Waals surface area (Å²) in [5, 5.41) is 6.80. The molecule has 194 valence electrons. The Hall–Kier alpha value is -3.12. The second-order valence-corrected chi connectivity index (χ2v) is 9.85. The molecule has 37 heavy (non-hydrogen) atoms. The number of methoxy groups -OCH3 is 1. The lowest BCUT2D eigenvalue weighted by molar-refractivity contribution is -0.121. The number of nitrogens with zero attached hydrogens (tertiary/aromatic N) is 1. The highest BCUT2D eigenvalue weighted by molar-refractivity contribution is 14.1. The van der Waals surface area contributed by atoms with Crippen molar-refractivity contribution in [2.45, 2.75) is 26.0 Å². The Morgan fingerprint density at radius 3 is 2.51 bits per heavy atom. The van der Waals surface area contributed by atoms with Crippen LogP contribution in [-0.2, 0) is 16.1 Å². The summed E-state index contributed by atoms with van der Waals surface area (Å²) < 4.78 is 18.3. The van der Waals surface area contributed by atoms with Crippen molar-refractivity contribution < 1.29 is 23.8 Å². The van der Waals surface area contributed by atoms with Gasteiger partial charge >= 0.3 is 6.09 Å². The molecule has 3 rings (SSSR count). The number of nitrogens with one attached hydrogen (secondary N) is 2. The number of carbonyl (C=O) groups is 2. The van der Waals surface area contributed by atoms with Crippen molar-refractivity contribution in [2.75, 3.05) is 13.7 Å². The minimum Gasteiger partial charge on any atom is -0.493 e. The maximum Gasteiger partial charge on any atom is 0.407 e. The number of halogens is 2. The lowest BCUT2D eigenvalue weighted by Gasteiger charge is -2.18.